The molecule has 0 amide bonds. The molecule has 8 heteroatoms. The Morgan fingerprint density at radius 1 is 1.37 bits per heavy atom. The first-order valence-electron chi connectivity index (χ1n) is 5.38. The zero-order chi connectivity index (χ0) is 14.6. The van der Waals surface area contributed by atoms with E-state index in [4.69, 9.17) is 0 Å². The fourth-order valence-corrected chi connectivity index (χ4v) is 2.83. The summed E-state index contributed by atoms with van der Waals surface area (Å²) in [7, 11) is -1.88. The van der Waals surface area contributed by atoms with Gasteiger partial charge in [-0.15, -0.1) is 0 Å². The molecule has 0 aliphatic rings. The average molecular weight is 295 g/mol. The van der Waals surface area contributed by atoms with Crippen LogP contribution in [0.5, 0.6) is 0 Å². The Kier molecular flexibility index (Phi) is 5.36. The van der Waals surface area contributed by atoms with E-state index in [1.807, 2.05) is 0 Å². The highest BCUT2D eigenvalue weighted by atomic mass is 32.2. The van der Waals surface area contributed by atoms with Gasteiger partial charge in [-0.05, 0) is 12.1 Å². The summed E-state index contributed by atoms with van der Waals surface area (Å²) in [6.07, 6.45) is -1.08. The minimum Gasteiger partial charge on any atom is -0.389 e. The molecule has 1 aromatic carbocycles. The second-order valence-corrected chi connectivity index (χ2v) is 5.93. The van der Waals surface area contributed by atoms with Crippen LogP contribution in [-0.2, 0) is 14.8 Å². The third-order valence-electron chi connectivity index (χ3n) is 2.41. The molecule has 0 saturated heterocycles. The molecular formula is C11H15F2NO4S. The maximum atomic E-state index is 13.5. The van der Waals surface area contributed by atoms with Crippen LogP contribution in [0.1, 0.15) is 0 Å². The number of nitrogens with zero attached hydrogens (tertiary/aromatic N) is 1. The van der Waals surface area contributed by atoms with Crippen molar-refractivity contribution >= 4 is 10.0 Å². The summed E-state index contributed by atoms with van der Waals surface area (Å²) in [6.45, 7) is -0.413. The van der Waals surface area contributed by atoms with Crippen molar-refractivity contribution in [2.75, 3.05) is 27.3 Å². The molecule has 108 valence electrons. The number of aliphatic hydroxyl groups excluding tert-OH is 1. The number of sulfonamides is 1. The van der Waals surface area contributed by atoms with E-state index in [0.29, 0.717) is 4.31 Å². The number of benzene rings is 1. The molecule has 5 nitrogen and oxygen atoms in total. The van der Waals surface area contributed by atoms with Crippen LogP contribution in [0.25, 0.3) is 0 Å². The summed E-state index contributed by atoms with van der Waals surface area (Å²) >= 11 is 0. The van der Waals surface area contributed by atoms with Crippen molar-refractivity contribution in [1.29, 1.82) is 0 Å². The van der Waals surface area contributed by atoms with E-state index in [2.05, 4.69) is 4.74 Å². The van der Waals surface area contributed by atoms with Gasteiger partial charge in [-0.3, -0.25) is 0 Å². The van der Waals surface area contributed by atoms with Crippen LogP contribution in [0.2, 0.25) is 0 Å². The third kappa shape index (κ3) is 3.69. The molecule has 0 aliphatic carbocycles. The fraction of sp³-hybridized carbons (Fsp3) is 0.455. The Morgan fingerprint density at radius 3 is 2.37 bits per heavy atom. The second kappa shape index (κ2) is 6.38. The quantitative estimate of drug-likeness (QED) is 0.834. The van der Waals surface area contributed by atoms with Crippen LogP contribution in [0.3, 0.4) is 0 Å². The van der Waals surface area contributed by atoms with E-state index in [-0.39, 0.29) is 13.2 Å². The molecule has 0 bridgehead atoms. The molecule has 19 heavy (non-hydrogen) atoms. The highest BCUT2D eigenvalue weighted by Gasteiger charge is 2.29. The first kappa shape index (κ1) is 16.0. The topological polar surface area (TPSA) is 66.8 Å². The van der Waals surface area contributed by atoms with Crippen molar-refractivity contribution in [3.63, 3.8) is 0 Å². The number of halogens is 2. The van der Waals surface area contributed by atoms with Gasteiger partial charge in [-0.2, -0.15) is 4.31 Å². The Morgan fingerprint density at radius 2 is 1.89 bits per heavy atom. The smallest absolute Gasteiger partial charge is 0.248 e. The predicted octanol–water partition coefficient (Wildman–Crippen LogP) is 0.593. The number of ether oxygens (including phenoxy) is 1. The zero-order valence-corrected chi connectivity index (χ0v) is 11.3. The Balaban J connectivity index is 3.04. The lowest BCUT2D eigenvalue weighted by molar-refractivity contribution is 0.0553. The van der Waals surface area contributed by atoms with E-state index in [1.54, 1.807) is 0 Å². The van der Waals surface area contributed by atoms with Crippen LogP contribution >= 0.6 is 0 Å². The molecule has 0 aliphatic heterocycles. The van der Waals surface area contributed by atoms with Crippen LogP contribution < -0.4 is 0 Å². The lowest BCUT2D eigenvalue weighted by Gasteiger charge is -2.20. The van der Waals surface area contributed by atoms with Crippen LogP contribution in [-0.4, -0.2) is 51.2 Å². The number of likely N-dealkylation sites (N-methyl/N-ethyl adjacent to an activating group) is 1. The Labute approximate surface area is 110 Å². The molecular weight excluding hydrogens is 280 g/mol. The van der Waals surface area contributed by atoms with Gasteiger partial charge in [0.25, 0.3) is 0 Å². The van der Waals surface area contributed by atoms with Crippen LogP contribution in [0, 0.1) is 11.6 Å². The summed E-state index contributed by atoms with van der Waals surface area (Å²) in [6, 6.07) is 2.79. The monoisotopic (exact) mass is 295 g/mol. The summed E-state index contributed by atoms with van der Waals surface area (Å²) in [5.74, 6) is -2.35. The summed E-state index contributed by atoms with van der Waals surface area (Å²) < 4.78 is 56.3. The van der Waals surface area contributed by atoms with Crippen molar-refractivity contribution in [2.24, 2.45) is 0 Å². The summed E-state index contributed by atoms with van der Waals surface area (Å²) in [5, 5.41) is 9.45. The molecule has 1 unspecified atom stereocenters. The lowest BCUT2D eigenvalue weighted by atomic mass is 10.3. The van der Waals surface area contributed by atoms with Crippen LogP contribution in [0.15, 0.2) is 23.1 Å². The van der Waals surface area contributed by atoms with Gasteiger partial charge in [-0.25, -0.2) is 17.2 Å². The number of methoxy groups -OCH3 is 1. The largest absolute Gasteiger partial charge is 0.389 e. The van der Waals surface area contributed by atoms with Crippen molar-refractivity contribution in [1.82, 2.24) is 4.31 Å². The number of hydrogen-bond acceptors (Lipinski definition) is 4. The van der Waals surface area contributed by atoms with E-state index in [9.17, 15) is 22.3 Å². The van der Waals surface area contributed by atoms with Gasteiger partial charge in [0.05, 0.1) is 12.7 Å². The Hall–Kier alpha value is -1.09. The SMILES string of the molecule is COCC(O)CN(C)S(=O)(=O)c1c(F)cccc1F. The van der Waals surface area contributed by atoms with Crippen molar-refractivity contribution < 1.29 is 27.0 Å². The van der Waals surface area contributed by atoms with Gasteiger partial charge < -0.3 is 9.84 Å². The van der Waals surface area contributed by atoms with Gasteiger partial charge in [0.15, 0.2) is 4.90 Å². The first-order valence-corrected chi connectivity index (χ1v) is 6.82. The van der Waals surface area contributed by atoms with E-state index < -0.39 is 32.7 Å². The summed E-state index contributed by atoms with van der Waals surface area (Å²) in [4.78, 5) is -1.03. The minimum atomic E-state index is -4.35. The highest BCUT2D eigenvalue weighted by molar-refractivity contribution is 7.89. The highest BCUT2D eigenvalue weighted by Crippen LogP contribution is 2.21. The first-order chi connectivity index (χ1) is 8.80. The molecule has 1 rings (SSSR count). The molecule has 1 aromatic rings. The van der Waals surface area contributed by atoms with E-state index in [0.717, 1.165) is 25.2 Å². The number of rotatable bonds is 6. The van der Waals surface area contributed by atoms with Crippen molar-refractivity contribution in [3.8, 4) is 0 Å². The maximum absolute atomic E-state index is 13.5. The zero-order valence-electron chi connectivity index (χ0n) is 10.5. The standard InChI is InChI=1S/C11H15F2NO4S/c1-14(6-8(15)7-18-2)19(16,17)11-9(12)4-3-5-10(11)13/h3-5,8,15H,6-7H2,1-2H3. The molecule has 0 radical (unpaired) electrons. The lowest BCUT2D eigenvalue weighted by Crippen LogP contribution is -2.37. The van der Waals surface area contributed by atoms with Crippen LogP contribution in [0.4, 0.5) is 8.78 Å². The number of hydrogen-bond donors (Lipinski definition) is 1. The minimum absolute atomic E-state index is 0.0837. The van der Waals surface area contributed by atoms with Crippen molar-refractivity contribution in [2.45, 2.75) is 11.0 Å². The van der Waals surface area contributed by atoms with Gasteiger partial charge in [-0.1, -0.05) is 6.07 Å². The third-order valence-corrected chi connectivity index (χ3v) is 4.29. The van der Waals surface area contributed by atoms with Gasteiger partial charge in [0.1, 0.15) is 11.6 Å². The Bertz CT molecular complexity index is 515. The molecule has 0 fully saturated rings. The normalized spacial score (nSPS) is 13.8. The van der Waals surface area contributed by atoms with Gasteiger partial charge >= 0.3 is 0 Å². The second-order valence-electron chi connectivity index (χ2n) is 3.95. The average Bonchev–Trinajstić information content (AvgIpc) is 2.28. The molecule has 1 N–H and O–H groups in total. The van der Waals surface area contributed by atoms with Gasteiger partial charge in [0, 0.05) is 20.7 Å². The summed E-state index contributed by atoms with van der Waals surface area (Å²) in [5.41, 5.74) is 0. The number of aliphatic hydroxyl groups is 1. The fourth-order valence-electron chi connectivity index (χ4n) is 1.52. The predicted molar refractivity (Wildman–Crippen MR) is 64.1 cm³/mol. The molecule has 0 spiro atoms. The van der Waals surface area contributed by atoms with E-state index >= 15 is 0 Å². The molecule has 1 atom stereocenters. The van der Waals surface area contributed by atoms with Crippen molar-refractivity contribution in [3.05, 3.63) is 29.8 Å². The molecule has 0 saturated carbocycles. The molecule has 0 heterocycles. The van der Waals surface area contributed by atoms with Gasteiger partial charge in [0.2, 0.25) is 10.0 Å². The van der Waals surface area contributed by atoms with E-state index in [1.165, 1.54) is 7.11 Å². The maximum Gasteiger partial charge on any atom is 0.248 e. The molecule has 0 aromatic heterocycles.